The number of rotatable bonds is 6. The maximum atomic E-state index is 4.55. The summed E-state index contributed by atoms with van der Waals surface area (Å²) < 4.78 is 0. The molecule has 0 saturated carbocycles. The van der Waals surface area contributed by atoms with Crippen molar-refractivity contribution in [3.05, 3.63) is 16.1 Å². The highest BCUT2D eigenvalue weighted by molar-refractivity contribution is 7.09. The maximum Gasteiger partial charge on any atom is 0.0934 e. The van der Waals surface area contributed by atoms with Gasteiger partial charge in [0.15, 0.2) is 0 Å². The Kier molecular flexibility index (Phi) is 4.74. The zero-order valence-electron chi connectivity index (χ0n) is 10.3. The van der Waals surface area contributed by atoms with E-state index in [0.29, 0.717) is 5.41 Å². The first-order chi connectivity index (χ1) is 7.09. The lowest BCUT2D eigenvalue weighted by atomic mass is 9.82. The van der Waals surface area contributed by atoms with Crippen LogP contribution in [0.4, 0.5) is 0 Å². The van der Waals surface area contributed by atoms with Crippen molar-refractivity contribution in [3.8, 4) is 0 Å². The van der Waals surface area contributed by atoms with Crippen molar-refractivity contribution in [2.24, 2.45) is 5.41 Å². The van der Waals surface area contributed by atoms with E-state index in [2.05, 4.69) is 36.5 Å². The van der Waals surface area contributed by atoms with E-state index in [1.165, 1.54) is 17.8 Å². The average Bonchev–Trinajstić information content (AvgIpc) is 2.51. The van der Waals surface area contributed by atoms with Crippen molar-refractivity contribution in [2.45, 2.75) is 40.0 Å². The van der Waals surface area contributed by atoms with Crippen LogP contribution in [0.15, 0.2) is 5.38 Å². The Morgan fingerprint density at radius 3 is 2.73 bits per heavy atom. The van der Waals surface area contributed by atoms with Crippen LogP contribution in [0, 0.1) is 12.3 Å². The van der Waals surface area contributed by atoms with E-state index in [4.69, 9.17) is 0 Å². The van der Waals surface area contributed by atoms with E-state index in [-0.39, 0.29) is 0 Å². The van der Waals surface area contributed by atoms with E-state index in [9.17, 15) is 0 Å². The van der Waals surface area contributed by atoms with Crippen LogP contribution < -0.4 is 5.32 Å². The van der Waals surface area contributed by atoms with Crippen LogP contribution in [-0.2, 0) is 6.42 Å². The first kappa shape index (κ1) is 12.7. The summed E-state index contributed by atoms with van der Waals surface area (Å²) in [5.74, 6) is 0. The molecule has 0 amide bonds. The molecule has 0 spiro atoms. The number of hydrogen-bond acceptors (Lipinski definition) is 3. The molecule has 15 heavy (non-hydrogen) atoms. The molecule has 0 aliphatic rings. The summed E-state index contributed by atoms with van der Waals surface area (Å²) >= 11 is 1.79. The van der Waals surface area contributed by atoms with Gasteiger partial charge in [0.2, 0.25) is 0 Å². The summed E-state index contributed by atoms with van der Waals surface area (Å²) in [5, 5.41) is 6.71. The largest absolute Gasteiger partial charge is 0.319 e. The van der Waals surface area contributed by atoms with Crippen molar-refractivity contribution in [1.29, 1.82) is 0 Å². The van der Waals surface area contributed by atoms with Crippen LogP contribution >= 0.6 is 11.3 Å². The third-order valence-electron chi connectivity index (χ3n) is 2.70. The number of hydrogen-bond donors (Lipinski definition) is 1. The van der Waals surface area contributed by atoms with Crippen LogP contribution in [0.5, 0.6) is 0 Å². The predicted molar refractivity (Wildman–Crippen MR) is 67.5 cm³/mol. The Balaban J connectivity index is 2.65. The molecule has 0 aromatic carbocycles. The molecule has 0 fully saturated rings. The molecule has 1 aromatic rings. The number of nitrogens with one attached hydrogen (secondary N) is 1. The lowest BCUT2D eigenvalue weighted by Gasteiger charge is -2.28. The van der Waals surface area contributed by atoms with Gasteiger partial charge in [0.1, 0.15) is 0 Å². The molecule has 0 saturated heterocycles. The van der Waals surface area contributed by atoms with Gasteiger partial charge in [-0.15, -0.1) is 11.3 Å². The second-order valence-electron chi connectivity index (χ2n) is 4.65. The number of aryl methyl sites for hydroxylation is 1. The average molecular weight is 226 g/mol. The number of thiazole rings is 1. The van der Waals surface area contributed by atoms with Gasteiger partial charge in [-0.1, -0.05) is 20.3 Å². The van der Waals surface area contributed by atoms with Gasteiger partial charge in [-0.3, -0.25) is 0 Å². The Hall–Kier alpha value is -0.410. The molecule has 0 aliphatic carbocycles. The molecule has 0 aliphatic heterocycles. The molecule has 86 valence electrons. The Morgan fingerprint density at radius 1 is 1.53 bits per heavy atom. The molecule has 1 unspecified atom stereocenters. The Labute approximate surface area is 97.1 Å². The highest BCUT2D eigenvalue weighted by atomic mass is 32.1. The normalized spacial score (nSPS) is 15.2. The summed E-state index contributed by atoms with van der Waals surface area (Å²) in [6.45, 7) is 7.74. The minimum atomic E-state index is 0.355. The quantitative estimate of drug-likeness (QED) is 0.806. The number of aromatic nitrogens is 1. The summed E-state index contributed by atoms with van der Waals surface area (Å²) in [6, 6.07) is 0. The fourth-order valence-corrected chi connectivity index (χ4v) is 3.11. The molecule has 0 bridgehead atoms. The van der Waals surface area contributed by atoms with Crippen LogP contribution in [0.3, 0.4) is 0 Å². The maximum absolute atomic E-state index is 4.55. The van der Waals surface area contributed by atoms with Crippen molar-refractivity contribution >= 4 is 11.3 Å². The third kappa shape index (κ3) is 3.92. The SMILES string of the molecule is CCCC(C)(CNC)Cc1nc(C)cs1. The van der Waals surface area contributed by atoms with Crippen molar-refractivity contribution in [3.63, 3.8) is 0 Å². The molecule has 0 radical (unpaired) electrons. The summed E-state index contributed by atoms with van der Waals surface area (Å²) in [5.41, 5.74) is 1.51. The van der Waals surface area contributed by atoms with Gasteiger partial charge >= 0.3 is 0 Å². The van der Waals surface area contributed by atoms with Gasteiger partial charge < -0.3 is 5.32 Å². The van der Waals surface area contributed by atoms with Gasteiger partial charge in [-0.2, -0.15) is 0 Å². The minimum absolute atomic E-state index is 0.355. The molecule has 1 aromatic heterocycles. The van der Waals surface area contributed by atoms with Gasteiger partial charge in [-0.25, -0.2) is 4.98 Å². The first-order valence-corrected chi connectivity index (χ1v) is 6.53. The predicted octanol–water partition coefficient (Wildman–Crippen LogP) is 3.02. The molecule has 1 N–H and O–H groups in total. The second kappa shape index (κ2) is 5.61. The van der Waals surface area contributed by atoms with Crippen LogP contribution in [0.25, 0.3) is 0 Å². The van der Waals surface area contributed by atoms with Gasteiger partial charge in [0.05, 0.1) is 5.01 Å². The highest BCUT2D eigenvalue weighted by Gasteiger charge is 2.24. The Bertz CT molecular complexity index is 288. The van der Waals surface area contributed by atoms with Crippen molar-refractivity contribution in [2.75, 3.05) is 13.6 Å². The van der Waals surface area contributed by atoms with E-state index in [1.54, 1.807) is 11.3 Å². The number of nitrogens with zero attached hydrogens (tertiary/aromatic N) is 1. The summed E-state index contributed by atoms with van der Waals surface area (Å²) in [6.07, 6.45) is 3.59. The van der Waals surface area contributed by atoms with E-state index in [0.717, 1.165) is 18.7 Å². The van der Waals surface area contributed by atoms with Gasteiger partial charge in [0.25, 0.3) is 0 Å². The second-order valence-corrected chi connectivity index (χ2v) is 5.59. The topological polar surface area (TPSA) is 24.9 Å². The monoisotopic (exact) mass is 226 g/mol. The van der Waals surface area contributed by atoms with Crippen molar-refractivity contribution in [1.82, 2.24) is 10.3 Å². The molecule has 3 heteroatoms. The van der Waals surface area contributed by atoms with Crippen LogP contribution in [0.1, 0.15) is 37.4 Å². The molecular formula is C12H22N2S. The van der Waals surface area contributed by atoms with Gasteiger partial charge in [0, 0.05) is 24.0 Å². The lowest BCUT2D eigenvalue weighted by molar-refractivity contribution is 0.282. The van der Waals surface area contributed by atoms with E-state index >= 15 is 0 Å². The zero-order chi connectivity index (χ0) is 11.3. The van der Waals surface area contributed by atoms with Crippen LogP contribution in [0.2, 0.25) is 0 Å². The standard InChI is InChI=1S/C12H22N2S/c1-5-6-12(3,9-13-4)7-11-14-10(2)8-15-11/h8,13H,5-7,9H2,1-4H3. The molecule has 2 nitrogen and oxygen atoms in total. The molecule has 1 heterocycles. The molecular weight excluding hydrogens is 204 g/mol. The minimum Gasteiger partial charge on any atom is -0.319 e. The molecule has 1 rings (SSSR count). The van der Waals surface area contributed by atoms with Gasteiger partial charge in [-0.05, 0) is 25.8 Å². The molecule has 1 atom stereocenters. The summed E-state index contributed by atoms with van der Waals surface area (Å²) in [7, 11) is 2.03. The third-order valence-corrected chi connectivity index (χ3v) is 3.67. The fraction of sp³-hybridized carbons (Fsp3) is 0.750. The van der Waals surface area contributed by atoms with Crippen LogP contribution in [-0.4, -0.2) is 18.6 Å². The van der Waals surface area contributed by atoms with E-state index < -0.39 is 0 Å². The van der Waals surface area contributed by atoms with Crippen molar-refractivity contribution < 1.29 is 0 Å². The fourth-order valence-electron chi connectivity index (χ4n) is 2.12. The van der Waals surface area contributed by atoms with E-state index in [1.807, 2.05) is 7.05 Å². The smallest absolute Gasteiger partial charge is 0.0934 e. The lowest BCUT2D eigenvalue weighted by Crippen LogP contribution is -2.31. The summed E-state index contributed by atoms with van der Waals surface area (Å²) in [4.78, 5) is 4.55. The first-order valence-electron chi connectivity index (χ1n) is 5.65. The zero-order valence-corrected chi connectivity index (χ0v) is 11.1. The highest BCUT2D eigenvalue weighted by Crippen LogP contribution is 2.28. The Morgan fingerprint density at radius 2 is 2.27 bits per heavy atom.